The summed E-state index contributed by atoms with van der Waals surface area (Å²) in [6.45, 7) is 1.82. The highest BCUT2D eigenvalue weighted by Crippen LogP contribution is 2.34. The number of Topliss-reactive ketones (excluding diaryl/α,β-unsaturated/α-hetero) is 1. The van der Waals surface area contributed by atoms with Crippen LogP contribution in [0.25, 0.3) is 10.8 Å². The van der Waals surface area contributed by atoms with E-state index in [1.165, 1.54) is 11.8 Å². The van der Waals surface area contributed by atoms with Crippen LogP contribution in [0.3, 0.4) is 0 Å². The van der Waals surface area contributed by atoms with E-state index in [2.05, 4.69) is 15.9 Å². The summed E-state index contributed by atoms with van der Waals surface area (Å²) in [5.74, 6) is 0.361. The molecule has 4 nitrogen and oxygen atoms in total. The van der Waals surface area contributed by atoms with E-state index in [-0.39, 0.29) is 5.78 Å². The quantitative estimate of drug-likeness (QED) is 0.588. The first kappa shape index (κ1) is 16.8. The Labute approximate surface area is 141 Å². The molecule has 0 unspecified atom stereocenters. The van der Waals surface area contributed by atoms with E-state index in [4.69, 9.17) is 11.6 Å². The second-order valence-corrected chi connectivity index (χ2v) is 6.04. The Morgan fingerprint density at radius 2 is 1.95 bits per heavy atom. The van der Waals surface area contributed by atoms with Gasteiger partial charge in [-0.1, -0.05) is 18.2 Å². The number of hydrogen-bond donors (Lipinski definition) is 1. The fourth-order valence-electron chi connectivity index (χ4n) is 2.24. The van der Waals surface area contributed by atoms with Crippen molar-refractivity contribution in [3.63, 3.8) is 0 Å². The van der Waals surface area contributed by atoms with E-state index in [9.17, 15) is 14.7 Å². The first-order valence-electron chi connectivity index (χ1n) is 6.75. The molecular formula is C16H15BrClNO3. The van der Waals surface area contributed by atoms with Crippen molar-refractivity contribution < 1.29 is 14.7 Å². The molecule has 0 bridgehead atoms. The highest BCUT2D eigenvalue weighted by Gasteiger charge is 2.18. The van der Waals surface area contributed by atoms with Gasteiger partial charge in [-0.2, -0.15) is 0 Å². The Balaban J connectivity index is 2.56. The Morgan fingerprint density at radius 1 is 1.27 bits per heavy atom. The summed E-state index contributed by atoms with van der Waals surface area (Å²) in [6, 6.07) is 8.98. The van der Waals surface area contributed by atoms with Gasteiger partial charge in [0.25, 0.3) is 0 Å². The summed E-state index contributed by atoms with van der Waals surface area (Å²) in [7, 11) is 0. The smallest absolute Gasteiger partial charge is 0.411 e. The average molecular weight is 385 g/mol. The van der Waals surface area contributed by atoms with Gasteiger partial charge in [-0.05, 0) is 52.2 Å². The summed E-state index contributed by atoms with van der Waals surface area (Å²) >= 11 is 9.14. The van der Waals surface area contributed by atoms with Gasteiger partial charge in [0.2, 0.25) is 0 Å². The molecule has 1 amide bonds. The number of fused-ring (bicyclic) bond motifs is 1. The van der Waals surface area contributed by atoms with Crippen molar-refractivity contribution >= 4 is 55.9 Å². The third-order valence-corrected chi connectivity index (χ3v) is 4.48. The zero-order valence-electron chi connectivity index (χ0n) is 12.0. The molecule has 1 N–H and O–H groups in total. The Bertz CT molecular complexity index is 733. The van der Waals surface area contributed by atoms with Gasteiger partial charge in [0.05, 0.1) is 5.69 Å². The number of amides is 1. The van der Waals surface area contributed by atoms with Gasteiger partial charge in [-0.3, -0.25) is 9.69 Å². The molecule has 0 saturated heterocycles. The second-order valence-electron chi connectivity index (χ2n) is 4.87. The van der Waals surface area contributed by atoms with Crippen molar-refractivity contribution in [2.45, 2.75) is 13.3 Å². The minimum atomic E-state index is -1.03. The molecule has 0 aliphatic carbocycles. The van der Waals surface area contributed by atoms with Crippen LogP contribution in [-0.4, -0.2) is 29.4 Å². The highest BCUT2D eigenvalue weighted by molar-refractivity contribution is 9.10. The number of carbonyl (C=O) groups is 2. The van der Waals surface area contributed by atoms with Crippen molar-refractivity contribution in [1.82, 2.24) is 0 Å². The van der Waals surface area contributed by atoms with E-state index in [1.807, 2.05) is 12.1 Å². The van der Waals surface area contributed by atoms with Crippen LogP contribution in [-0.2, 0) is 0 Å². The summed E-state index contributed by atoms with van der Waals surface area (Å²) in [5.41, 5.74) is 1.14. The number of rotatable bonds is 5. The normalized spacial score (nSPS) is 10.7. The largest absolute Gasteiger partial charge is 0.465 e. The Kier molecular flexibility index (Phi) is 5.42. The fraction of sp³-hybridized carbons (Fsp3) is 0.250. The summed E-state index contributed by atoms with van der Waals surface area (Å²) in [5, 5.41) is 11.1. The number of ketones is 1. The number of carboxylic acid groups (broad SMARTS) is 1. The van der Waals surface area contributed by atoms with Crippen molar-refractivity contribution in [1.29, 1.82) is 0 Å². The van der Waals surface area contributed by atoms with Crippen LogP contribution in [0, 0.1) is 0 Å². The molecule has 0 aliphatic heterocycles. The van der Waals surface area contributed by atoms with Crippen LogP contribution in [0.4, 0.5) is 10.5 Å². The Morgan fingerprint density at radius 3 is 2.55 bits per heavy atom. The average Bonchev–Trinajstić information content (AvgIpc) is 2.49. The highest BCUT2D eigenvalue weighted by atomic mass is 79.9. The lowest BCUT2D eigenvalue weighted by Crippen LogP contribution is -2.30. The van der Waals surface area contributed by atoms with Crippen LogP contribution in [0.5, 0.6) is 0 Å². The number of hydrogen-bond acceptors (Lipinski definition) is 2. The number of halogens is 2. The minimum absolute atomic E-state index is 0.0311. The van der Waals surface area contributed by atoms with Crippen molar-refractivity contribution in [2.24, 2.45) is 0 Å². The molecule has 22 heavy (non-hydrogen) atoms. The molecule has 6 heteroatoms. The second kappa shape index (κ2) is 7.11. The van der Waals surface area contributed by atoms with E-state index >= 15 is 0 Å². The standard InChI is InChI=1S/C16H15BrClNO3/c1-10(20)12-4-3-11-5-6-14(15(17)13(11)9-12)19(16(21)22)8-2-7-18/h3-6,9H,2,7-8H2,1H3,(H,21,22). The number of carbonyl (C=O) groups excluding carboxylic acids is 1. The van der Waals surface area contributed by atoms with E-state index in [0.717, 1.165) is 10.8 Å². The molecule has 0 radical (unpaired) electrons. The van der Waals surface area contributed by atoms with E-state index < -0.39 is 6.09 Å². The summed E-state index contributed by atoms with van der Waals surface area (Å²) in [4.78, 5) is 24.3. The van der Waals surface area contributed by atoms with Gasteiger partial charge >= 0.3 is 6.09 Å². The maximum atomic E-state index is 11.5. The number of anilines is 1. The summed E-state index contributed by atoms with van der Waals surface area (Å²) < 4.78 is 0.657. The lowest BCUT2D eigenvalue weighted by Gasteiger charge is -2.21. The predicted octanol–water partition coefficient (Wildman–Crippen LogP) is 4.92. The maximum Gasteiger partial charge on any atom is 0.411 e. The summed E-state index contributed by atoms with van der Waals surface area (Å²) in [6.07, 6.45) is -0.473. The van der Waals surface area contributed by atoms with Gasteiger partial charge < -0.3 is 5.11 Å². The van der Waals surface area contributed by atoms with E-state index in [0.29, 0.717) is 34.6 Å². The molecule has 0 spiro atoms. The molecule has 2 rings (SSSR count). The topological polar surface area (TPSA) is 57.6 Å². The van der Waals surface area contributed by atoms with Crippen molar-refractivity contribution in [3.8, 4) is 0 Å². The van der Waals surface area contributed by atoms with Crippen molar-refractivity contribution in [3.05, 3.63) is 40.4 Å². The molecule has 0 atom stereocenters. The molecule has 0 aromatic heterocycles. The monoisotopic (exact) mass is 383 g/mol. The van der Waals surface area contributed by atoms with E-state index in [1.54, 1.807) is 18.2 Å². The third kappa shape index (κ3) is 3.42. The van der Waals surface area contributed by atoms with Gasteiger partial charge in [0.1, 0.15) is 0 Å². The van der Waals surface area contributed by atoms with Gasteiger partial charge in [-0.15, -0.1) is 11.6 Å². The van der Waals surface area contributed by atoms with Crippen LogP contribution < -0.4 is 4.90 Å². The van der Waals surface area contributed by atoms with Gasteiger partial charge in [-0.25, -0.2) is 4.79 Å². The fourth-order valence-corrected chi connectivity index (χ4v) is 3.05. The molecule has 0 saturated carbocycles. The van der Waals surface area contributed by atoms with Crippen molar-refractivity contribution in [2.75, 3.05) is 17.3 Å². The lowest BCUT2D eigenvalue weighted by molar-refractivity contribution is 0.101. The number of alkyl halides is 1. The Hall–Kier alpha value is -1.59. The molecule has 116 valence electrons. The molecule has 0 aliphatic rings. The molecule has 2 aromatic rings. The SMILES string of the molecule is CC(=O)c1ccc2ccc(N(CCCCl)C(=O)O)c(Br)c2c1. The molecule has 2 aromatic carbocycles. The molecule has 0 fully saturated rings. The number of nitrogens with zero attached hydrogens (tertiary/aromatic N) is 1. The van der Waals surface area contributed by atoms with Gasteiger partial charge in [0, 0.05) is 22.5 Å². The predicted molar refractivity (Wildman–Crippen MR) is 92.4 cm³/mol. The van der Waals surface area contributed by atoms with Crippen LogP contribution in [0.15, 0.2) is 34.8 Å². The first-order chi connectivity index (χ1) is 10.5. The van der Waals surface area contributed by atoms with Crippen LogP contribution in [0.1, 0.15) is 23.7 Å². The van der Waals surface area contributed by atoms with Gasteiger partial charge in [0.15, 0.2) is 5.78 Å². The molecule has 0 heterocycles. The third-order valence-electron chi connectivity index (χ3n) is 3.38. The first-order valence-corrected chi connectivity index (χ1v) is 8.08. The zero-order chi connectivity index (χ0) is 16.3. The van der Waals surface area contributed by atoms with Crippen LogP contribution in [0.2, 0.25) is 0 Å². The van der Waals surface area contributed by atoms with Crippen LogP contribution >= 0.6 is 27.5 Å². The number of benzene rings is 2. The zero-order valence-corrected chi connectivity index (χ0v) is 14.3. The lowest BCUT2D eigenvalue weighted by atomic mass is 10.0. The minimum Gasteiger partial charge on any atom is -0.465 e. The maximum absolute atomic E-state index is 11.5. The molecular weight excluding hydrogens is 370 g/mol.